The van der Waals surface area contributed by atoms with E-state index >= 15 is 0 Å². The predicted octanol–water partition coefficient (Wildman–Crippen LogP) is 4.40. The Labute approximate surface area is 101 Å². The molecule has 0 atom stereocenters. The summed E-state index contributed by atoms with van der Waals surface area (Å²) in [6.45, 7) is 2.19. The number of aryl methyl sites for hydroxylation is 1. The fourth-order valence-electron chi connectivity index (χ4n) is 2.24. The Hall–Kier alpha value is -2.02. The average molecular weight is 221 g/mol. The van der Waals surface area contributed by atoms with E-state index in [-0.39, 0.29) is 0 Å². The molecule has 1 nitrogen and oxygen atoms in total. The zero-order valence-corrected chi connectivity index (χ0v) is 9.90. The topological polar surface area (TPSA) is 15.8 Å². The van der Waals surface area contributed by atoms with Crippen molar-refractivity contribution in [3.8, 4) is 11.1 Å². The number of aromatic nitrogens is 1. The quantitative estimate of drug-likeness (QED) is 0.660. The van der Waals surface area contributed by atoms with Crippen LogP contribution in [0.25, 0.3) is 22.0 Å². The number of benzene rings is 2. The SMILES string of the molecule is CCc1ccc2[nH]cc(-c3ccccc3)c2c1. The first-order valence-electron chi connectivity index (χ1n) is 6.04. The Kier molecular flexibility index (Phi) is 2.45. The van der Waals surface area contributed by atoms with Crippen molar-refractivity contribution in [1.82, 2.24) is 4.98 Å². The molecule has 3 aromatic rings. The van der Waals surface area contributed by atoms with Crippen LogP contribution in [0, 0.1) is 0 Å². The third-order valence-corrected chi connectivity index (χ3v) is 3.24. The maximum Gasteiger partial charge on any atom is 0.0460 e. The van der Waals surface area contributed by atoms with Gasteiger partial charge in [0.2, 0.25) is 0 Å². The van der Waals surface area contributed by atoms with Crippen molar-refractivity contribution in [3.63, 3.8) is 0 Å². The van der Waals surface area contributed by atoms with Gasteiger partial charge in [0.15, 0.2) is 0 Å². The van der Waals surface area contributed by atoms with Gasteiger partial charge in [-0.3, -0.25) is 0 Å². The van der Waals surface area contributed by atoms with E-state index in [4.69, 9.17) is 0 Å². The summed E-state index contributed by atoms with van der Waals surface area (Å²) >= 11 is 0. The number of rotatable bonds is 2. The molecule has 1 heteroatoms. The lowest BCUT2D eigenvalue weighted by Crippen LogP contribution is -1.80. The Morgan fingerprint density at radius 3 is 2.59 bits per heavy atom. The van der Waals surface area contributed by atoms with Crippen LogP contribution in [0.3, 0.4) is 0 Å². The molecule has 0 bridgehead atoms. The fourth-order valence-corrected chi connectivity index (χ4v) is 2.24. The second-order valence-electron chi connectivity index (χ2n) is 4.30. The van der Waals surface area contributed by atoms with Crippen LogP contribution >= 0.6 is 0 Å². The highest BCUT2D eigenvalue weighted by Crippen LogP contribution is 2.29. The standard InChI is InChI=1S/C16H15N/c1-2-12-8-9-16-14(10-12)15(11-17-16)13-6-4-3-5-7-13/h3-11,17H,2H2,1H3. The molecule has 0 fully saturated rings. The molecule has 0 saturated heterocycles. The summed E-state index contributed by atoms with van der Waals surface area (Å²) in [6.07, 6.45) is 3.18. The summed E-state index contributed by atoms with van der Waals surface area (Å²) in [5.41, 5.74) is 5.15. The molecular weight excluding hydrogens is 206 g/mol. The molecule has 0 radical (unpaired) electrons. The summed E-state index contributed by atoms with van der Waals surface area (Å²) in [5, 5.41) is 1.32. The van der Waals surface area contributed by atoms with E-state index in [1.807, 2.05) is 0 Å². The summed E-state index contributed by atoms with van der Waals surface area (Å²) < 4.78 is 0. The van der Waals surface area contributed by atoms with E-state index in [1.165, 1.54) is 27.6 Å². The zero-order valence-electron chi connectivity index (χ0n) is 9.90. The summed E-state index contributed by atoms with van der Waals surface area (Å²) in [6, 6.07) is 17.2. The molecule has 3 rings (SSSR count). The van der Waals surface area contributed by atoms with Gasteiger partial charge < -0.3 is 4.98 Å². The minimum atomic E-state index is 1.08. The van der Waals surface area contributed by atoms with E-state index in [1.54, 1.807) is 0 Å². The molecular formula is C16H15N. The molecule has 0 saturated carbocycles. The first-order valence-corrected chi connectivity index (χ1v) is 6.04. The van der Waals surface area contributed by atoms with Crippen LogP contribution in [0.1, 0.15) is 12.5 Å². The van der Waals surface area contributed by atoms with Crippen LogP contribution < -0.4 is 0 Å². The van der Waals surface area contributed by atoms with Crippen molar-refractivity contribution in [3.05, 3.63) is 60.3 Å². The van der Waals surface area contributed by atoms with Gasteiger partial charge in [-0.25, -0.2) is 0 Å². The van der Waals surface area contributed by atoms with Gasteiger partial charge >= 0.3 is 0 Å². The molecule has 0 amide bonds. The van der Waals surface area contributed by atoms with Crippen LogP contribution in [0.5, 0.6) is 0 Å². The van der Waals surface area contributed by atoms with Crippen molar-refractivity contribution in [2.75, 3.05) is 0 Å². The van der Waals surface area contributed by atoms with E-state index in [0.29, 0.717) is 0 Å². The maximum absolute atomic E-state index is 3.34. The number of aromatic amines is 1. The van der Waals surface area contributed by atoms with Gasteiger partial charge in [0.05, 0.1) is 0 Å². The van der Waals surface area contributed by atoms with Crippen LogP contribution in [0.2, 0.25) is 0 Å². The van der Waals surface area contributed by atoms with Crippen molar-refractivity contribution in [2.24, 2.45) is 0 Å². The molecule has 17 heavy (non-hydrogen) atoms. The van der Waals surface area contributed by atoms with Crippen LogP contribution in [0.15, 0.2) is 54.7 Å². The van der Waals surface area contributed by atoms with E-state index < -0.39 is 0 Å². The number of H-pyrrole nitrogens is 1. The number of hydrogen-bond donors (Lipinski definition) is 1. The predicted molar refractivity (Wildman–Crippen MR) is 73.1 cm³/mol. The van der Waals surface area contributed by atoms with E-state index in [2.05, 4.69) is 66.6 Å². The van der Waals surface area contributed by atoms with Crippen molar-refractivity contribution in [1.29, 1.82) is 0 Å². The van der Waals surface area contributed by atoms with Crippen LogP contribution in [-0.2, 0) is 6.42 Å². The largest absolute Gasteiger partial charge is 0.361 e. The van der Waals surface area contributed by atoms with Crippen molar-refractivity contribution < 1.29 is 0 Å². The normalized spacial score (nSPS) is 10.9. The van der Waals surface area contributed by atoms with Gasteiger partial charge in [0.25, 0.3) is 0 Å². The minimum Gasteiger partial charge on any atom is -0.361 e. The number of fused-ring (bicyclic) bond motifs is 1. The van der Waals surface area contributed by atoms with Gasteiger partial charge in [-0.15, -0.1) is 0 Å². The van der Waals surface area contributed by atoms with Crippen molar-refractivity contribution >= 4 is 10.9 Å². The van der Waals surface area contributed by atoms with Gasteiger partial charge in [0.1, 0.15) is 0 Å². The maximum atomic E-state index is 3.34. The van der Waals surface area contributed by atoms with Gasteiger partial charge in [-0.1, -0.05) is 43.3 Å². The van der Waals surface area contributed by atoms with Gasteiger partial charge in [-0.05, 0) is 29.7 Å². The molecule has 0 aliphatic carbocycles. The second-order valence-corrected chi connectivity index (χ2v) is 4.30. The molecule has 84 valence electrons. The molecule has 2 aromatic carbocycles. The highest BCUT2D eigenvalue weighted by molar-refractivity contribution is 5.95. The molecule has 1 aromatic heterocycles. The highest BCUT2D eigenvalue weighted by atomic mass is 14.7. The molecule has 1 heterocycles. The minimum absolute atomic E-state index is 1.08. The smallest absolute Gasteiger partial charge is 0.0460 e. The summed E-state index contributed by atoms with van der Waals surface area (Å²) in [7, 11) is 0. The zero-order chi connectivity index (χ0) is 11.7. The Bertz CT molecular complexity index is 635. The lowest BCUT2D eigenvalue weighted by molar-refractivity contribution is 1.15. The molecule has 0 aliphatic heterocycles. The Balaban J connectivity index is 2.23. The fraction of sp³-hybridized carbons (Fsp3) is 0.125. The third-order valence-electron chi connectivity index (χ3n) is 3.24. The van der Waals surface area contributed by atoms with Crippen molar-refractivity contribution in [2.45, 2.75) is 13.3 Å². The lowest BCUT2D eigenvalue weighted by Gasteiger charge is -2.01. The van der Waals surface area contributed by atoms with E-state index in [0.717, 1.165) is 6.42 Å². The Morgan fingerprint density at radius 1 is 1.00 bits per heavy atom. The first-order chi connectivity index (χ1) is 8.38. The lowest BCUT2D eigenvalue weighted by atomic mass is 10.0. The molecule has 0 aliphatic rings. The highest BCUT2D eigenvalue weighted by Gasteiger charge is 2.05. The van der Waals surface area contributed by atoms with Gasteiger partial charge in [0, 0.05) is 22.7 Å². The van der Waals surface area contributed by atoms with Crippen LogP contribution in [-0.4, -0.2) is 4.98 Å². The monoisotopic (exact) mass is 221 g/mol. The molecule has 0 unspecified atom stereocenters. The average Bonchev–Trinajstić information content (AvgIpc) is 2.82. The second kappa shape index (κ2) is 4.10. The van der Waals surface area contributed by atoms with Gasteiger partial charge in [-0.2, -0.15) is 0 Å². The summed E-state index contributed by atoms with van der Waals surface area (Å²) in [5.74, 6) is 0. The Morgan fingerprint density at radius 2 is 1.82 bits per heavy atom. The number of nitrogens with one attached hydrogen (secondary N) is 1. The third kappa shape index (κ3) is 1.74. The molecule has 0 spiro atoms. The first kappa shape index (κ1) is 10.2. The summed E-state index contributed by atoms with van der Waals surface area (Å²) in [4.78, 5) is 3.34. The van der Waals surface area contributed by atoms with E-state index in [9.17, 15) is 0 Å². The number of hydrogen-bond acceptors (Lipinski definition) is 0. The van der Waals surface area contributed by atoms with Crippen LogP contribution in [0.4, 0.5) is 0 Å². The molecule has 1 N–H and O–H groups in total.